The van der Waals surface area contributed by atoms with E-state index in [0.717, 1.165) is 0 Å². The summed E-state index contributed by atoms with van der Waals surface area (Å²) in [6, 6.07) is 0. The van der Waals surface area contributed by atoms with Gasteiger partial charge in [-0.05, 0) is 0 Å². The van der Waals surface area contributed by atoms with Gasteiger partial charge < -0.3 is 24.1 Å². The Labute approximate surface area is 87.1 Å². The van der Waals surface area contributed by atoms with Crippen molar-refractivity contribution in [3.8, 4) is 0 Å². The molecule has 0 radical (unpaired) electrons. The molecule has 2 rings (SSSR count). The standard InChI is InChI=1S/C9H14O6/c1-12-5-2-14-9-6(3-15-8(5)9)13-4-7(10)11/h5-6,8-9H,2-4H2,1H3,(H,10,11)/t5-,6+,8-,9-/m1/s1. The summed E-state index contributed by atoms with van der Waals surface area (Å²) in [5.74, 6) is -0.986. The molecule has 1 N–H and O–H groups in total. The summed E-state index contributed by atoms with van der Waals surface area (Å²) in [6.45, 7) is 0.513. The van der Waals surface area contributed by atoms with E-state index in [1.807, 2.05) is 0 Å². The van der Waals surface area contributed by atoms with Crippen LogP contribution in [-0.4, -0.2) is 62.4 Å². The molecule has 6 heteroatoms. The SMILES string of the molecule is CO[C@@H]1CO[C@H]2[C@@H]1OC[C@@H]2OCC(=O)O. The molecule has 2 aliphatic heterocycles. The van der Waals surface area contributed by atoms with Crippen molar-refractivity contribution in [1.82, 2.24) is 0 Å². The summed E-state index contributed by atoms with van der Waals surface area (Å²) in [5.41, 5.74) is 0. The van der Waals surface area contributed by atoms with E-state index in [9.17, 15) is 4.79 Å². The Morgan fingerprint density at radius 3 is 2.53 bits per heavy atom. The fourth-order valence-electron chi connectivity index (χ4n) is 1.95. The van der Waals surface area contributed by atoms with Crippen molar-refractivity contribution in [2.24, 2.45) is 0 Å². The highest BCUT2D eigenvalue weighted by molar-refractivity contribution is 5.68. The van der Waals surface area contributed by atoms with Crippen molar-refractivity contribution in [3.63, 3.8) is 0 Å². The summed E-state index contributed by atoms with van der Waals surface area (Å²) in [4.78, 5) is 10.3. The second-order valence-electron chi connectivity index (χ2n) is 3.61. The molecular formula is C9H14O6. The minimum absolute atomic E-state index is 0.0755. The van der Waals surface area contributed by atoms with Crippen LogP contribution in [0.4, 0.5) is 0 Å². The van der Waals surface area contributed by atoms with E-state index < -0.39 is 5.97 Å². The summed E-state index contributed by atoms with van der Waals surface area (Å²) in [6.07, 6.45) is -0.706. The molecule has 0 aromatic carbocycles. The van der Waals surface area contributed by atoms with Gasteiger partial charge in [-0.1, -0.05) is 0 Å². The molecule has 0 aromatic heterocycles. The maximum absolute atomic E-state index is 10.3. The molecule has 2 fully saturated rings. The molecule has 86 valence electrons. The van der Waals surface area contributed by atoms with Crippen LogP contribution >= 0.6 is 0 Å². The number of ether oxygens (including phenoxy) is 4. The third-order valence-corrected chi connectivity index (χ3v) is 2.69. The van der Waals surface area contributed by atoms with Crippen LogP contribution in [0.15, 0.2) is 0 Å². The molecule has 4 atom stereocenters. The zero-order valence-corrected chi connectivity index (χ0v) is 8.42. The highest BCUT2D eigenvalue weighted by Gasteiger charge is 2.48. The van der Waals surface area contributed by atoms with Gasteiger partial charge in [0.05, 0.1) is 13.2 Å². The highest BCUT2D eigenvalue weighted by Crippen LogP contribution is 2.29. The van der Waals surface area contributed by atoms with Gasteiger partial charge in [0.1, 0.15) is 31.0 Å². The fourth-order valence-corrected chi connectivity index (χ4v) is 1.95. The highest BCUT2D eigenvalue weighted by atomic mass is 16.6. The van der Waals surface area contributed by atoms with Crippen LogP contribution in [0.2, 0.25) is 0 Å². The summed E-state index contributed by atoms with van der Waals surface area (Å²) in [5, 5.41) is 8.48. The van der Waals surface area contributed by atoms with Crippen molar-refractivity contribution in [2.75, 3.05) is 26.9 Å². The van der Waals surface area contributed by atoms with E-state index in [0.29, 0.717) is 13.2 Å². The first kappa shape index (κ1) is 10.8. The predicted molar refractivity (Wildman–Crippen MR) is 47.7 cm³/mol. The van der Waals surface area contributed by atoms with Gasteiger partial charge in [0.2, 0.25) is 0 Å². The number of rotatable bonds is 4. The van der Waals surface area contributed by atoms with Crippen molar-refractivity contribution >= 4 is 5.97 Å². The molecule has 0 aliphatic carbocycles. The first-order valence-electron chi connectivity index (χ1n) is 4.81. The topological polar surface area (TPSA) is 74.2 Å². The van der Waals surface area contributed by atoms with E-state index in [1.165, 1.54) is 0 Å². The lowest BCUT2D eigenvalue weighted by atomic mass is 10.1. The zero-order valence-electron chi connectivity index (χ0n) is 8.42. The molecule has 0 bridgehead atoms. The Bertz CT molecular complexity index is 243. The van der Waals surface area contributed by atoms with Gasteiger partial charge in [0.25, 0.3) is 0 Å². The number of aliphatic carboxylic acids is 1. The molecule has 6 nitrogen and oxygen atoms in total. The normalized spacial score (nSPS) is 39.3. The summed E-state index contributed by atoms with van der Waals surface area (Å²) < 4.78 is 21.3. The van der Waals surface area contributed by atoms with E-state index in [2.05, 4.69) is 0 Å². The zero-order chi connectivity index (χ0) is 10.8. The minimum atomic E-state index is -0.986. The Hall–Kier alpha value is -0.690. The average molecular weight is 218 g/mol. The minimum Gasteiger partial charge on any atom is -0.480 e. The van der Waals surface area contributed by atoms with E-state index in [-0.39, 0.29) is 31.0 Å². The second-order valence-corrected chi connectivity index (χ2v) is 3.61. The molecule has 2 heterocycles. The van der Waals surface area contributed by atoms with Gasteiger partial charge in [0, 0.05) is 7.11 Å². The lowest BCUT2D eigenvalue weighted by Gasteiger charge is -2.15. The molecular weight excluding hydrogens is 204 g/mol. The molecule has 15 heavy (non-hydrogen) atoms. The third kappa shape index (κ3) is 2.12. The molecule has 2 aliphatic rings. The average Bonchev–Trinajstić information content (AvgIpc) is 2.74. The molecule has 0 spiro atoms. The monoisotopic (exact) mass is 218 g/mol. The Morgan fingerprint density at radius 1 is 1.33 bits per heavy atom. The Morgan fingerprint density at radius 2 is 1.93 bits per heavy atom. The molecule has 0 amide bonds. The summed E-state index contributed by atoms with van der Waals surface area (Å²) >= 11 is 0. The number of fused-ring (bicyclic) bond motifs is 1. The number of carboxylic acids is 1. The lowest BCUT2D eigenvalue weighted by Crippen LogP contribution is -2.34. The number of methoxy groups -OCH3 is 1. The van der Waals surface area contributed by atoms with Crippen LogP contribution in [0.25, 0.3) is 0 Å². The number of hydrogen-bond donors (Lipinski definition) is 1. The number of carboxylic acid groups (broad SMARTS) is 1. The third-order valence-electron chi connectivity index (χ3n) is 2.69. The first-order chi connectivity index (χ1) is 7.22. The first-order valence-corrected chi connectivity index (χ1v) is 4.81. The molecule has 0 saturated carbocycles. The van der Waals surface area contributed by atoms with Crippen LogP contribution in [0.3, 0.4) is 0 Å². The van der Waals surface area contributed by atoms with Crippen LogP contribution in [0.1, 0.15) is 0 Å². The van der Waals surface area contributed by atoms with Crippen LogP contribution in [0, 0.1) is 0 Å². The van der Waals surface area contributed by atoms with Gasteiger partial charge >= 0.3 is 5.97 Å². The largest absolute Gasteiger partial charge is 0.480 e. The van der Waals surface area contributed by atoms with Crippen molar-refractivity contribution in [1.29, 1.82) is 0 Å². The van der Waals surface area contributed by atoms with Gasteiger partial charge in [-0.2, -0.15) is 0 Å². The van der Waals surface area contributed by atoms with Gasteiger partial charge in [0.15, 0.2) is 0 Å². The number of carbonyl (C=O) groups is 1. The Kier molecular flexibility index (Phi) is 3.20. The maximum Gasteiger partial charge on any atom is 0.329 e. The van der Waals surface area contributed by atoms with E-state index in [1.54, 1.807) is 7.11 Å². The van der Waals surface area contributed by atoms with Crippen LogP contribution in [0.5, 0.6) is 0 Å². The second kappa shape index (κ2) is 4.44. The Balaban J connectivity index is 1.87. The predicted octanol–water partition coefficient (Wildman–Crippen LogP) is -0.731. The van der Waals surface area contributed by atoms with Crippen molar-refractivity contribution in [2.45, 2.75) is 24.4 Å². The van der Waals surface area contributed by atoms with Gasteiger partial charge in [-0.3, -0.25) is 0 Å². The molecule has 2 saturated heterocycles. The maximum atomic E-state index is 10.3. The molecule has 0 unspecified atom stereocenters. The smallest absolute Gasteiger partial charge is 0.329 e. The quantitative estimate of drug-likeness (QED) is 0.670. The van der Waals surface area contributed by atoms with Crippen molar-refractivity contribution in [3.05, 3.63) is 0 Å². The fraction of sp³-hybridized carbons (Fsp3) is 0.889. The van der Waals surface area contributed by atoms with Crippen LogP contribution < -0.4 is 0 Å². The van der Waals surface area contributed by atoms with Gasteiger partial charge in [-0.15, -0.1) is 0 Å². The van der Waals surface area contributed by atoms with E-state index >= 15 is 0 Å². The lowest BCUT2D eigenvalue weighted by molar-refractivity contribution is -0.146. The van der Waals surface area contributed by atoms with E-state index in [4.69, 9.17) is 24.1 Å². The summed E-state index contributed by atoms with van der Waals surface area (Å²) in [7, 11) is 1.60. The number of hydrogen-bond acceptors (Lipinski definition) is 5. The van der Waals surface area contributed by atoms with Crippen molar-refractivity contribution < 1.29 is 28.8 Å². The van der Waals surface area contributed by atoms with Crippen LogP contribution in [-0.2, 0) is 23.7 Å². The van der Waals surface area contributed by atoms with Gasteiger partial charge in [-0.25, -0.2) is 4.79 Å². The molecule has 0 aromatic rings.